The zero-order chi connectivity index (χ0) is 14.9. The van der Waals surface area contributed by atoms with Crippen LogP contribution in [0.1, 0.15) is 28.1 Å². The molecule has 21 heavy (non-hydrogen) atoms. The molecular formula is C14H14N2O4S. The van der Waals surface area contributed by atoms with Crippen molar-refractivity contribution in [3.05, 3.63) is 53.5 Å². The summed E-state index contributed by atoms with van der Waals surface area (Å²) in [7, 11) is -3.79. The summed E-state index contributed by atoms with van der Waals surface area (Å²) in [6.45, 7) is 0. The number of hydrazine groups is 1. The fourth-order valence-corrected chi connectivity index (χ4v) is 3.25. The number of hydrogen-bond donors (Lipinski definition) is 2. The van der Waals surface area contributed by atoms with Crippen LogP contribution in [-0.4, -0.2) is 14.3 Å². The molecule has 1 amide bonds. The molecule has 110 valence electrons. The van der Waals surface area contributed by atoms with Gasteiger partial charge in [0.05, 0.1) is 11.2 Å². The van der Waals surface area contributed by atoms with Gasteiger partial charge in [0.25, 0.3) is 10.0 Å². The Bertz CT molecular complexity index is 766. The van der Waals surface area contributed by atoms with E-state index in [2.05, 4.69) is 10.3 Å². The first-order valence-corrected chi connectivity index (χ1v) is 8.02. The van der Waals surface area contributed by atoms with Crippen molar-refractivity contribution in [1.29, 1.82) is 0 Å². The molecule has 0 fully saturated rings. The molecule has 0 unspecified atom stereocenters. The summed E-state index contributed by atoms with van der Waals surface area (Å²) >= 11 is 0. The topological polar surface area (TPSA) is 88.4 Å². The van der Waals surface area contributed by atoms with Crippen LogP contribution in [0.15, 0.2) is 45.9 Å². The van der Waals surface area contributed by atoms with Crippen molar-refractivity contribution in [2.75, 3.05) is 0 Å². The number of aryl methyl sites for hydroxylation is 2. The summed E-state index contributed by atoms with van der Waals surface area (Å²) in [4.78, 5) is 13.8. The lowest BCUT2D eigenvalue weighted by molar-refractivity contribution is 0.0917. The van der Waals surface area contributed by atoms with E-state index in [0.29, 0.717) is 0 Å². The van der Waals surface area contributed by atoms with Gasteiger partial charge in [-0.3, -0.25) is 10.2 Å². The van der Waals surface area contributed by atoms with Gasteiger partial charge in [0.1, 0.15) is 0 Å². The van der Waals surface area contributed by atoms with Gasteiger partial charge in [0, 0.05) is 0 Å². The van der Waals surface area contributed by atoms with Crippen LogP contribution in [0.5, 0.6) is 0 Å². The number of rotatable bonds is 4. The molecule has 0 aliphatic heterocycles. The number of fused-ring (bicyclic) bond motifs is 1. The molecule has 1 aliphatic carbocycles. The van der Waals surface area contributed by atoms with Gasteiger partial charge >= 0.3 is 5.91 Å². The lowest BCUT2D eigenvalue weighted by atomic mass is 10.1. The number of sulfonamides is 1. The van der Waals surface area contributed by atoms with Gasteiger partial charge in [-0.05, 0) is 54.7 Å². The molecule has 1 aromatic carbocycles. The quantitative estimate of drug-likeness (QED) is 0.836. The number of amides is 1. The van der Waals surface area contributed by atoms with Crippen molar-refractivity contribution < 1.29 is 17.6 Å². The average molecular weight is 306 g/mol. The first-order chi connectivity index (χ1) is 10.1. The average Bonchev–Trinajstić information content (AvgIpc) is 3.14. The molecule has 3 rings (SSSR count). The van der Waals surface area contributed by atoms with E-state index in [1.807, 2.05) is 6.07 Å². The van der Waals surface area contributed by atoms with E-state index < -0.39 is 15.9 Å². The number of carbonyl (C=O) groups excluding carboxylic acids is 1. The summed E-state index contributed by atoms with van der Waals surface area (Å²) in [6.07, 6.45) is 4.25. The van der Waals surface area contributed by atoms with Gasteiger partial charge in [-0.15, -0.1) is 4.83 Å². The Morgan fingerprint density at radius 1 is 1.14 bits per heavy atom. The van der Waals surface area contributed by atoms with E-state index in [0.717, 1.165) is 24.8 Å². The van der Waals surface area contributed by atoms with Crippen LogP contribution in [0.25, 0.3) is 0 Å². The molecule has 7 heteroatoms. The second-order valence-electron chi connectivity index (χ2n) is 4.82. The van der Waals surface area contributed by atoms with Crippen molar-refractivity contribution in [2.24, 2.45) is 0 Å². The molecular weight excluding hydrogens is 292 g/mol. The third-order valence-corrected chi connectivity index (χ3v) is 4.67. The minimum atomic E-state index is -3.79. The first-order valence-electron chi connectivity index (χ1n) is 6.54. The monoisotopic (exact) mass is 306 g/mol. The van der Waals surface area contributed by atoms with Crippen molar-refractivity contribution in [1.82, 2.24) is 10.3 Å². The molecule has 1 heterocycles. The highest BCUT2D eigenvalue weighted by atomic mass is 32.2. The second kappa shape index (κ2) is 5.34. The van der Waals surface area contributed by atoms with Gasteiger partial charge in [0.2, 0.25) is 0 Å². The van der Waals surface area contributed by atoms with Crippen LogP contribution >= 0.6 is 0 Å². The summed E-state index contributed by atoms with van der Waals surface area (Å²) in [5.74, 6) is -0.614. The zero-order valence-corrected chi connectivity index (χ0v) is 11.9. The fourth-order valence-electron chi connectivity index (χ4n) is 2.36. The van der Waals surface area contributed by atoms with Gasteiger partial charge in [-0.2, -0.15) is 0 Å². The van der Waals surface area contributed by atoms with Crippen LogP contribution in [0.4, 0.5) is 0 Å². The second-order valence-corrected chi connectivity index (χ2v) is 6.50. The molecule has 0 bridgehead atoms. The Labute approximate surface area is 122 Å². The SMILES string of the molecule is O=C(NNS(=O)(=O)c1ccc2c(c1)CCC2)c1ccco1. The molecule has 0 radical (unpaired) electrons. The van der Waals surface area contributed by atoms with Crippen LogP contribution in [0.2, 0.25) is 0 Å². The number of benzene rings is 1. The van der Waals surface area contributed by atoms with Crippen molar-refractivity contribution >= 4 is 15.9 Å². The van der Waals surface area contributed by atoms with Gasteiger partial charge < -0.3 is 4.42 Å². The molecule has 6 nitrogen and oxygen atoms in total. The zero-order valence-electron chi connectivity index (χ0n) is 11.1. The van der Waals surface area contributed by atoms with Crippen LogP contribution < -0.4 is 10.3 Å². The highest BCUT2D eigenvalue weighted by Gasteiger charge is 2.19. The summed E-state index contributed by atoms with van der Waals surface area (Å²) < 4.78 is 29.2. The summed E-state index contributed by atoms with van der Waals surface area (Å²) in [5, 5.41) is 0. The Hall–Kier alpha value is -2.12. The first kappa shape index (κ1) is 13.8. The minimum absolute atomic E-state index is 0.0339. The lowest BCUT2D eigenvalue weighted by Crippen LogP contribution is -2.41. The molecule has 0 atom stereocenters. The van der Waals surface area contributed by atoms with Gasteiger partial charge in [-0.1, -0.05) is 6.07 Å². The van der Waals surface area contributed by atoms with E-state index in [1.165, 1.54) is 17.9 Å². The van der Waals surface area contributed by atoms with Crippen molar-refractivity contribution in [2.45, 2.75) is 24.2 Å². The molecule has 0 saturated heterocycles. The number of nitrogens with one attached hydrogen (secondary N) is 2. The molecule has 0 spiro atoms. The largest absolute Gasteiger partial charge is 0.459 e. The van der Waals surface area contributed by atoms with Crippen LogP contribution in [-0.2, 0) is 22.9 Å². The Balaban J connectivity index is 1.73. The van der Waals surface area contributed by atoms with E-state index in [-0.39, 0.29) is 10.7 Å². The van der Waals surface area contributed by atoms with Crippen LogP contribution in [0, 0.1) is 0 Å². The smallest absolute Gasteiger partial charge is 0.301 e. The van der Waals surface area contributed by atoms with E-state index in [4.69, 9.17) is 4.42 Å². The maximum Gasteiger partial charge on any atom is 0.301 e. The third-order valence-electron chi connectivity index (χ3n) is 3.42. The highest BCUT2D eigenvalue weighted by molar-refractivity contribution is 7.89. The van der Waals surface area contributed by atoms with E-state index >= 15 is 0 Å². The van der Waals surface area contributed by atoms with Crippen molar-refractivity contribution in [3.8, 4) is 0 Å². The Kier molecular flexibility index (Phi) is 3.52. The predicted molar refractivity (Wildman–Crippen MR) is 75.0 cm³/mol. The van der Waals surface area contributed by atoms with E-state index in [9.17, 15) is 13.2 Å². The number of hydrogen-bond acceptors (Lipinski definition) is 4. The predicted octanol–water partition coefficient (Wildman–Crippen LogP) is 1.39. The summed E-state index contributed by atoms with van der Waals surface area (Å²) in [6, 6.07) is 8.02. The molecule has 1 aromatic heterocycles. The molecule has 1 aliphatic rings. The van der Waals surface area contributed by atoms with Crippen LogP contribution in [0.3, 0.4) is 0 Å². The number of carbonyl (C=O) groups is 1. The standard InChI is InChI=1S/C14H14N2O4S/c17-14(13-5-2-8-20-13)15-16-21(18,19)12-7-6-10-3-1-4-11(10)9-12/h2,5-9,16H,1,3-4H2,(H,15,17). The highest BCUT2D eigenvalue weighted by Crippen LogP contribution is 2.24. The lowest BCUT2D eigenvalue weighted by Gasteiger charge is -2.09. The van der Waals surface area contributed by atoms with Crippen molar-refractivity contribution in [3.63, 3.8) is 0 Å². The minimum Gasteiger partial charge on any atom is -0.459 e. The van der Waals surface area contributed by atoms with E-state index in [1.54, 1.807) is 18.2 Å². The Morgan fingerprint density at radius 2 is 1.95 bits per heavy atom. The maximum atomic E-state index is 12.1. The van der Waals surface area contributed by atoms with Gasteiger partial charge in [0.15, 0.2) is 5.76 Å². The Morgan fingerprint density at radius 3 is 2.71 bits per heavy atom. The fraction of sp³-hybridized carbons (Fsp3) is 0.214. The summed E-state index contributed by atoms with van der Waals surface area (Å²) in [5.41, 5.74) is 4.36. The number of furan rings is 1. The molecule has 2 N–H and O–H groups in total. The third kappa shape index (κ3) is 2.84. The van der Waals surface area contributed by atoms with Gasteiger partial charge in [-0.25, -0.2) is 8.42 Å². The molecule has 2 aromatic rings. The normalized spacial score (nSPS) is 13.9. The molecule has 0 saturated carbocycles. The maximum absolute atomic E-state index is 12.1.